The lowest BCUT2D eigenvalue weighted by atomic mass is 10.2. The van der Waals surface area contributed by atoms with E-state index in [9.17, 15) is 4.79 Å². The molecule has 2 aromatic rings. The van der Waals surface area contributed by atoms with Gasteiger partial charge in [-0.1, -0.05) is 6.07 Å². The van der Waals surface area contributed by atoms with E-state index in [1.54, 1.807) is 18.2 Å². The van der Waals surface area contributed by atoms with E-state index < -0.39 is 5.97 Å². The average molecular weight is 259 g/mol. The van der Waals surface area contributed by atoms with E-state index in [-0.39, 0.29) is 5.56 Å². The maximum Gasteiger partial charge on any atom is 0.335 e. The van der Waals surface area contributed by atoms with Crippen LogP contribution >= 0.6 is 0 Å². The van der Waals surface area contributed by atoms with E-state index in [0.29, 0.717) is 12.4 Å². The molecule has 0 atom stereocenters. The van der Waals surface area contributed by atoms with Crippen LogP contribution < -0.4 is 4.74 Å². The van der Waals surface area contributed by atoms with Crippen LogP contribution in [0.25, 0.3) is 0 Å². The number of hydrogen-bond donors (Lipinski definition) is 1. The molecule has 0 saturated heterocycles. The summed E-state index contributed by atoms with van der Waals surface area (Å²) in [6.07, 6.45) is 0. The van der Waals surface area contributed by atoms with Crippen LogP contribution in [-0.4, -0.2) is 22.2 Å². The lowest BCUT2D eigenvalue weighted by Gasteiger charge is -2.11. The quantitative estimate of drug-likeness (QED) is 0.898. The number of ether oxygens (including phenoxy) is 1. The standard InChI is InChI=1S/C15H17NO3/c1-11-6-7-12(2)16(11)8-9-19-14-5-3-4-13(10-14)15(17)18/h3-7,10H,8-9H2,1-2H3,(H,17,18). The Kier molecular flexibility index (Phi) is 3.90. The Hall–Kier alpha value is -2.23. The Morgan fingerprint density at radius 3 is 2.53 bits per heavy atom. The van der Waals surface area contributed by atoms with Gasteiger partial charge in [0.1, 0.15) is 12.4 Å². The van der Waals surface area contributed by atoms with Crippen LogP contribution in [0.5, 0.6) is 5.75 Å². The molecule has 0 aliphatic heterocycles. The molecule has 0 amide bonds. The van der Waals surface area contributed by atoms with Crippen LogP contribution in [0.3, 0.4) is 0 Å². The van der Waals surface area contributed by atoms with Crippen molar-refractivity contribution in [3.05, 3.63) is 53.3 Å². The zero-order valence-corrected chi connectivity index (χ0v) is 11.1. The van der Waals surface area contributed by atoms with Gasteiger partial charge in [-0.05, 0) is 44.2 Å². The highest BCUT2D eigenvalue weighted by atomic mass is 16.5. The van der Waals surface area contributed by atoms with Crippen molar-refractivity contribution in [2.75, 3.05) is 6.61 Å². The molecule has 2 rings (SSSR count). The number of aromatic carboxylic acids is 1. The molecule has 1 aromatic carbocycles. The number of carboxylic acid groups (broad SMARTS) is 1. The van der Waals surface area contributed by atoms with E-state index in [4.69, 9.17) is 9.84 Å². The summed E-state index contributed by atoms with van der Waals surface area (Å²) in [7, 11) is 0. The fraction of sp³-hybridized carbons (Fsp3) is 0.267. The van der Waals surface area contributed by atoms with Crippen LogP contribution in [0.2, 0.25) is 0 Å². The molecule has 0 aliphatic carbocycles. The highest BCUT2D eigenvalue weighted by Gasteiger charge is 2.04. The maximum absolute atomic E-state index is 10.8. The third-order valence-electron chi connectivity index (χ3n) is 3.08. The van der Waals surface area contributed by atoms with Gasteiger partial charge in [-0.25, -0.2) is 4.79 Å². The molecule has 0 spiro atoms. The first-order valence-corrected chi connectivity index (χ1v) is 6.17. The third kappa shape index (κ3) is 3.16. The van der Waals surface area contributed by atoms with Crippen molar-refractivity contribution in [3.63, 3.8) is 0 Å². The molecule has 1 heterocycles. The minimum absolute atomic E-state index is 0.242. The molecule has 0 bridgehead atoms. The van der Waals surface area contributed by atoms with Gasteiger partial charge in [-0.15, -0.1) is 0 Å². The van der Waals surface area contributed by atoms with Crippen LogP contribution in [0.1, 0.15) is 21.7 Å². The summed E-state index contributed by atoms with van der Waals surface area (Å²) in [6, 6.07) is 10.7. The van der Waals surface area contributed by atoms with Gasteiger partial charge < -0.3 is 14.4 Å². The van der Waals surface area contributed by atoms with Gasteiger partial charge in [-0.2, -0.15) is 0 Å². The van der Waals surface area contributed by atoms with E-state index in [2.05, 4.69) is 30.5 Å². The number of rotatable bonds is 5. The molecule has 19 heavy (non-hydrogen) atoms. The van der Waals surface area contributed by atoms with Crippen LogP contribution in [0, 0.1) is 13.8 Å². The van der Waals surface area contributed by atoms with Gasteiger partial charge in [-0.3, -0.25) is 0 Å². The molecular formula is C15H17NO3. The zero-order valence-electron chi connectivity index (χ0n) is 11.1. The minimum Gasteiger partial charge on any atom is -0.492 e. The lowest BCUT2D eigenvalue weighted by Crippen LogP contribution is -2.10. The molecule has 0 unspecified atom stereocenters. The van der Waals surface area contributed by atoms with Crippen molar-refractivity contribution >= 4 is 5.97 Å². The van der Waals surface area contributed by atoms with Crippen molar-refractivity contribution in [2.45, 2.75) is 20.4 Å². The Labute approximate surface area is 112 Å². The van der Waals surface area contributed by atoms with Crippen molar-refractivity contribution in [1.29, 1.82) is 0 Å². The fourth-order valence-corrected chi connectivity index (χ4v) is 2.03. The predicted octanol–water partition coefficient (Wildman–Crippen LogP) is 2.88. The predicted molar refractivity (Wildman–Crippen MR) is 72.8 cm³/mol. The van der Waals surface area contributed by atoms with Crippen LogP contribution in [0.15, 0.2) is 36.4 Å². The molecule has 0 aliphatic rings. The molecule has 1 aromatic heterocycles. The number of aryl methyl sites for hydroxylation is 2. The van der Waals surface area contributed by atoms with E-state index in [0.717, 1.165) is 6.54 Å². The Balaban J connectivity index is 1.96. The van der Waals surface area contributed by atoms with Gasteiger partial charge in [0.05, 0.1) is 12.1 Å². The zero-order chi connectivity index (χ0) is 13.8. The molecule has 4 heteroatoms. The van der Waals surface area contributed by atoms with Crippen molar-refractivity contribution in [1.82, 2.24) is 4.57 Å². The van der Waals surface area contributed by atoms with Crippen LogP contribution in [-0.2, 0) is 6.54 Å². The fourth-order valence-electron chi connectivity index (χ4n) is 2.03. The number of nitrogens with zero attached hydrogens (tertiary/aromatic N) is 1. The Morgan fingerprint density at radius 1 is 1.21 bits per heavy atom. The summed E-state index contributed by atoms with van der Waals surface area (Å²) in [5.74, 6) is -0.357. The number of carbonyl (C=O) groups is 1. The summed E-state index contributed by atoms with van der Waals surface area (Å²) < 4.78 is 7.76. The molecule has 1 N–H and O–H groups in total. The van der Waals surface area contributed by atoms with Crippen molar-refractivity contribution < 1.29 is 14.6 Å². The molecular weight excluding hydrogens is 242 g/mol. The van der Waals surface area contributed by atoms with E-state index in [1.807, 2.05) is 0 Å². The van der Waals surface area contributed by atoms with Gasteiger partial charge in [0, 0.05) is 11.4 Å². The van der Waals surface area contributed by atoms with Gasteiger partial charge in [0.2, 0.25) is 0 Å². The second-order valence-electron chi connectivity index (χ2n) is 4.45. The number of carboxylic acids is 1. The highest BCUT2D eigenvalue weighted by molar-refractivity contribution is 5.87. The molecule has 0 fully saturated rings. The highest BCUT2D eigenvalue weighted by Crippen LogP contribution is 2.14. The van der Waals surface area contributed by atoms with Gasteiger partial charge in [0.25, 0.3) is 0 Å². The van der Waals surface area contributed by atoms with E-state index in [1.165, 1.54) is 17.5 Å². The van der Waals surface area contributed by atoms with Crippen molar-refractivity contribution in [3.8, 4) is 5.75 Å². The molecule has 4 nitrogen and oxygen atoms in total. The smallest absolute Gasteiger partial charge is 0.335 e. The maximum atomic E-state index is 10.8. The van der Waals surface area contributed by atoms with Crippen LogP contribution in [0.4, 0.5) is 0 Å². The lowest BCUT2D eigenvalue weighted by molar-refractivity contribution is 0.0696. The number of aromatic nitrogens is 1. The molecule has 100 valence electrons. The second kappa shape index (κ2) is 5.61. The molecule has 0 saturated carbocycles. The second-order valence-corrected chi connectivity index (χ2v) is 4.45. The Bertz CT molecular complexity index is 567. The van der Waals surface area contributed by atoms with Gasteiger partial charge >= 0.3 is 5.97 Å². The summed E-state index contributed by atoms with van der Waals surface area (Å²) in [5, 5.41) is 8.90. The summed E-state index contributed by atoms with van der Waals surface area (Å²) in [6.45, 7) is 5.37. The van der Waals surface area contributed by atoms with E-state index >= 15 is 0 Å². The average Bonchev–Trinajstić information content (AvgIpc) is 2.71. The largest absolute Gasteiger partial charge is 0.492 e. The van der Waals surface area contributed by atoms with Crippen molar-refractivity contribution in [2.24, 2.45) is 0 Å². The molecule has 0 radical (unpaired) electrons. The number of benzene rings is 1. The number of hydrogen-bond acceptors (Lipinski definition) is 2. The summed E-state index contributed by atoms with van der Waals surface area (Å²) >= 11 is 0. The monoisotopic (exact) mass is 259 g/mol. The first kappa shape index (κ1) is 13.2. The topological polar surface area (TPSA) is 51.5 Å². The first-order chi connectivity index (χ1) is 9.08. The Morgan fingerprint density at radius 2 is 1.89 bits per heavy atom. The summed E-state index contributed by atoms with van der Waals surface area (Å²) in [5.41, 5.74) is 2.63. The normalized spacial score (nSPS) is 10.4. The first-order valence-electron chi connectivity index (χ1n) is 6.17. The third-order valence-corrected chi connectivity index (χ3v) is 3.08. The summed E-state index contributed by atoms with van der Waals surface area (Å²) in [4.78, 5) is 10.8. The van der Waals surface area contributed by atoms with Gasteiger partial charge in [0.15, 0.2) is 0 Å². The SMILES string of the molecule is Cc1ccc(C)n1CCOc1cccc(C(=O)O)c1. The minimum atomic E-state index is -0.942.